The van der Waals surface area contributed by atoms with E-state index in [1.165, 1.54) is 30.6 Å². The molecule has 1 aliphatic heterocycles. The maximum absolute atomic E-state index is 3.14. The number of dihydropyridines is 1. The Labute approximate surface area is 85.7 Å². The first kappa shape index (κ1) is 11.6. The molecule has 12 heavy (non-hydrogen) atoms. The fourth-order valence-electron chi connectivity index (χ4n) is 0.774. The van der Waals surface area contributed by atoms with Crippen LogP contribution >= 0.6 is 0 Å². The van der Waals surface area contributed by atoms with Gasteiger partial charge in [-0.2, -0.15) is 0 Å². The second-order valence-corrected chi connectivity index (χ2v) is 3.10. The van der Waals surface area contributed by atoms with Crippen LogP contribution in [0.15, 0.2) is 35.7 Å². The van der Waals surface area contributed by atoms with Crippen molar-refractivity contribution in [3.8, 4) is 0 Å². The van der Waals surface area contributed by atoms with E-state index in [0.717, 1.165) is 0 Å². The first-order valence-corrected chi connectivity index (χ1v) is 5.79. The molecule has 0 saturated carbocycles. The second-order valence-electron chi connectivity index (χ2n) is 2.12. The van der Waals surface area contributed by atoms with Crippen molar-refractivity contribution in [2.75, 3.05) is 0 Å². The van der Waals surface area contributed by atoms with E-state index in [-0.39, 0.29) is 0 Å². The summed E-state index contributed by atoms with van der Waals surface area (Å²) >= 11 is 1.48. The summed E-state index contributed by atoms with van der Waals surface area (Å²) in [6.45, 7) is 6.09. The molecule has 0 spiro atoms. The van der Waals surface area contributed by atoms with Crippen molar-refractivity contribution in [1.29, 1.82) is 0 Å². The molecule has 0 fully saturated rings. The van der Waals surface area contributed by atoms with Crippen molar-refractivity contribution < 1.29 is 19.4 Å². The predicted molar refractivity (Wildman–Crippen MR) is 51.5 cm³/mol. The first-order chi connectivity index (χ1) is 5.83. The van der Waals surface area contributed by atoms with Gasteiger partial charge < -0.3 is 0 Å². The number of hydrogen-bond donors (Lipinski definition) is 1. The van der Waals surface area contributed by atoms with Crippen LogP contribution in [0, 0.1) is 0 Å². The number of nitrogens with one attached hydrogen (secondary N) is 1. The molecular weight excluding hydrogens is 318 g/mol. The Balaban J connectivity index is 0.000000561. The van der Waals surface area contributed by atoms with Crippen LogP contribution in [-0.4, -0.2) is 4.40 Å². The van der Waals surface area contributed by atoms with Crippen LogP contribution in [0.4, 0.5) is 0 Å². The van der Waals surface area contributed by atoms with E-state index in [0.29, 0.717) is 0 Å². The fourth-order valence-corrected chi connectivity index (χ4v) is 1.30. The molecule has 2 heteroatoms. The Morgan fingerprint density at radius 2 is 2.08 bits per heavy atom. The van der Waals surface area contributed by atoms with Crippen LogP contribution in [0.5, 0.6) is 0 Å². The van der Waals surface area contributed by atoms with Crippen molar-refractivity contribution in [3.63, 3.8) is 0 Å². The van der Waals surface area contributed by atoms with Crippen molar-refractivity contribution in [3.05, 3.63) is 35.7 Å². The van der Waals surface area contributed by atoms with Gasteiger partial charge in [-0.1, -0.05) is 13.8 Å². The van der Waals surface area contributed by atoms with Gasteiger partial charge in [-0.05, 0) is 0 Å². The molecule has 1 nitrogen and oxygen atoms in total. The third-order valence-corrected chi connectivity index (χ3v) is 1.72. The van der Waals surface area contributed by atoms with Gasteiger partial charge in [0, 0.05) is 0 Å². The Hall–Kier alpha value is -0.422. The summed E-state index contributed by atoms with van der Waals surface area (Å²) < 4.78 is 2.10. The summed E-state index contributed by atoms with van der Waals surface area (Å²) in [6, 6.07) is 0. The quantitative estimate of drug-likeness (QED) is 0.777. The van der Waals surface area contributed by atoms with Gasteiger partial charge in [0.2, 0.25) is 0 Å². The Morgan fingerprint density at radius 3 is 2.58 bits per heavy atom. The van der Waals surface area contributed by atoms with Gasteiger partial charge in [-0.25, -0.2) is 0 Å². The molecule has 0 amide bonds. The maximum atomic E-state index is 3.14. The van der Waals surface area contributed by atoms with E-state index < -0.39 is 0 Å². The standard InChI is InChI=1S/C8H9N.C2H6.W/c1-3-8-6-7(2)4-5-9-8;1-2;/h1,3-6,9H,2H3;1-2H3;/b8-3-;;. The van der Waals surface area contributed by atoms with Crippen molar-refractivity contribution in [2.45, 2.75) is 20.8 Å². The summed E-state index contributed by atoms with van der Waals surface area (Å²) in [5.41, 5.74) is 2.47. The second kappa shape index (κ2) is 7.24. The molecule has 1 heterocycles. The zero-order valence-corrected chi connectivity index (χ0v) is 10.7. The van der Waals surface area contributed by atoms with E-state index in [4.69, 9.17) is 0 Å². The van der Waals surface area contributed by atoms with Gasteiger partial charge in [0.1, 0.15) is 0 Å². The van der Waals surface area contributed by atoms with Crippen molar-refractivity contribution >= 4 is 4.40 Å². The molecule has 0 aromatic rings. The third-order valence-electron chi connectivity index (χ3n) is 1.23. The predicted octanol–water partition coefficient (Wildman–Crippen LogP) is 2.31. The van der Waals surface area contributed by atoms with E-state index in [1.54, 1.807) is 0 Å². The van der Waals surface area contributed by atoms with E-state index in [9.17, 15) is 0 Å². The molecule has 0 radical (unpaired) electrons. The van der Waals surface area contributed by atoms with E-state index >= 15 is 0 Å². The molecule has 0 aromatic heterocycles. The Morgan fingerprint density at radius 1 is 1.42 bits per heavy atom. The molecule has 66 valence electrons. The molecule has 0 aromatic carbocycles. The Kier molecular flexibility index (Phi) is 6.99. The van der Waals surface area contributed by atoms with E-state index in [2.05, 4.69) is 34.9 Å². The fraction of sp³-hybridized carbons (Fsp3) is 0.300. The van der Waals surface area contributed by atoms with Crippen LogP contribution in [0.25, 0.3) is 0 Å². The molecular formula is C10H15NW. The minimum atomic E-state index is 1.18. The zero-order valence-electron chi connectivity index (χ0n) is 7.79. The minimum absolute atomic E-state index is 1.18. The molecule has 0 atom stereocenters. The zero-order chi connectivity index (χ0) is 9.40. The molecule has 0 aliphatic carbocycles. The van der Waals surface area contributed by atoms with Crippen LogP contribution in [0.3, 0.4) is 0 Å². The van der Waals surface area contributed by atoms with Gasteiger partial charge in [0.15, 0.2) is 0 Å². The van der Waals surface area contributed by atoms with Gasteiger partial charge >= 0.3 is 71.7 Å². The van der Waals surface area contributed by atoms with Gasteiger partial charge in [-0.3, -0.25) is 0 Å². The van der Waals surface area contributed by atoms with Crippen LogP contribution in [-0.2, 0) is 19.4 Å². The van der Waals surface area contributed by atoms with Gasteiger partial charge in [0.25, 0.3) is 0 Å². The first-order valence-electron chi connectivity index (χ1n) is 4.10. The van der Waals surface area contributed by atoms with Crippen molar-refractivity contribution in [2.24, 2.45) is 0 Å². The van der Waals surface area contributed by atoms with Gasteiger partial charge in [0.05, 0.1) is 0 Å². The monoisotopic (exact) mass is 333 g/mol. The normalized spacial score (nSPS) is 17.2. The molecule has 1 N–H and O–H groups in total. The van der Waals surface area contributed by atoms with Crippen molar-refractivity contribution in [1.82, 2.24) is 5.32 Å². The summed E-state index contributed by atoms with van der Waals surface area (Å²) in [5, 5.41) is 3.14. The van der Waals surface area contributed by atoms with Crippen LogP contribution in [0.2, 0.25) is 0 Å². The molecule has 1 aliphatic rings. The SMILES string of the molecule is CC.CC1=C/C(=C/[CH]=[W])NC=C1. The molecule has 0 unspecified atom stereocenters. The molecule has 1 rings (SSSR count). The topological polar surface area (TPSA) is 12.0 Å². The summed E-state index contributed by atoms with van der Waals surface area (Å²) in [6.07, 6.45) is 8.22. The summed E-state index contributed by atoms with van der Waals surface area (Å²) in [4.78, 5) is 0. The average Bonchev–Trinajstić information content (AvgIpc) is 2.09. The van der Waals surface area contributed by atoms with Gasteiger partial charge in [-0.15, -0.1) is 0 Å². The summed E-state index contributed by atoms with van der Waals surface area (Å²) in [7, 11) is 0. The molecule has 0 saturated heterocycles. The van der Waals surface area contributed by atoms with E-state index in [1.807, 2.05) is 20.0 Å². The molecule has 0 bridgehead atoms. The Bertz CT molecular complexity index is 224. The summed E-state index contributed by atoms with van der Waals surface area (Å²) in [5.74, 6) is 0. The number of rotatable bonds is 1. The number of allylic oxidation sites excluding steroid dienone is 4. The van der Waals surface area contributed by atoms with Crippen LogP contribution in [0.1, 0.15) is 20.8 Å². The third kappa shape index (κ3) is 4.46. The average molecular weight is 333 g/mol. The van der Waals surface area contributed by atoms with Crippen LogP contribution < -0.4 is 5.32 Å². The number of hydrogen-bond acceptors (Lipinski definition) is 1.